The number of benzene rings is 1. The van der Waals surface area contributed by atoms with Crippen molar-refractivity contribution < 1.29 is 14.3 Å². The molecule has 3 heterocycles. The van der Waals surface area contributed by atoms with E-state index in [1.165, 1.54) is 5.56 Å². The Bertz CT molecular complexity index is 984. The third kappa shape index (κ3) is 3.02. The second kappa shape index (κ2) is 6.69. The maximum atomic E-state index is 13.3. The van der Waals surface area contributed by atoms with Crippen molar-refractivity contribution in [1.29, 1.82) is 0 Å². The van der Waals surface area contributed by atoms with E-state index in [-0.39, 0.29) is 18.1 Å². The molecule has 1 aromatic heterocycles. The molecule has 29 heavy (non-hydrogen) atoms. The SMILES string of the molecule is CC(C)(C)OC(=O)n1c2c(c3ccccc31)CCN1[C@@H]2CCC2C(=O)CCC[C@H]21. The summed E-state index contributed by atoms with van der Waals surface area (Å²) in [6.45, 7) is 6.70. The highest BCUT2D eigenvalue weighted by molar-refractivity contribution is 5.94. The first-order chi connectivity index (χ1) is 13.8. The normalized spacial score (nSPS) is 27.3. The number of para-hydroxylation sites is 1. The van der Waals surface area contributed by atoms with Gasteiger partial charge in [0.15, 0.2) is 0 Å². The minimum atomic E-state index is -0.545. The Morgan fingerprint density at radius 1 is 1.10 bits per heavy atom. The van der Waals surface area contributed by atoms with E-state index in [9.17, 15) is 9.59 Å². The van der Waals surface area contributed by atoms with Crippen molar-refractivity contribution in [3.05, 3.63) is 35.5 Å². The maximum Gasteiger partial charge on any atom is 0.419 e. The number of Topliss-reactive ketones (excluding diaryl/α,β-unsaturated/α-hetero) is 1. The van der Waals surface area contributed by atoms with Crippen LogP contribution in [-0.2, 0) is 16.0 Å². The first-order valence-corrected chi connectivity index (χ1v) is 11.0. The third-order valence-electron chi connectivity index (χ3n) is 6.91. The average molecular weight is 395 g/mol. The highest BCUT2D eigenvalue weighted by Crippen LogP contribution is 2.47. The van der Waals surface area contributed by atoms with E-state index < -0.39 is 5.60 Å². The fourth-order valence-corrected chi connectivity index (χ4v) is 5.87. The van der Waals surface area contributed by atoms with E-state index in [1.807, 2.05) is 43.5 Å². The molecule has 1 unspecified atom stereocenters. The maximum absolute atomic E-state index is 13.3. The summed E-state index contributed by atoms with van der Waals surface area (Å²) >= 11 is 0. The van der Waals surface area contributed by atoms with Crippen LogP contribution in [0.25, 0.3) is 10.9 Å². The van der Waals surface area contributed by atoms with Gasteiger partial charge in [-0.2, -0.15) is 0 Å². The second-order valence-electron chi connectivity index (χ2n) is 9.81. The predicted molar refractivity (Wildman–Crippen MR) is 112 cm³/mol. The summed E-state index contributed by atoms with van der Waals surface area (Å²) in [6, 6.07) is 8.70. The molecular weight excluding hydrogens is 364 g/mol. The van der Waals surface area contributed by atoms with Gasteiger partial charge in [-0.1, -0.05) is 18.2 Å². The molecule has 5 heteroatoms. The van der Waals surface area contributed by atoms with E-state index in [0.717, 1.165) is 61.7 Å². The lowest BCUT2D eigenvalue weighted by molar-refractivity contribution is -0.131. The molecular formula is C24H30N2O3. The van der Waals surface area contributed by atoms with Crippen LogP contribution in [0.2, 0.25) is 0 Å². The molecule has 5 rings (SSSR count). The van der Waals surface area contributed by atoms with Gasteiger partial charge in [0, 0.05) is 30.3 Å². The van der Waals surface area contributed by atoms with Gasteiger partial charge in [0.25, 0.3) is 0 Å². The summed E-state index contributed by atoms with van der Waals surface area (Å²) in [4.78, 5) is 28.3. The van der Waals surface area contributed by atoms with Crippen LogP contribution in [0.5, 0.6) is 0 Å². The second-order valence-corrected chi connectivity index (χ2v) is 9.81. The standard InChI is InChI=1S/C24H30N2O3/c1-24(2,3)29-23(28)26-19-8-5-4-7-15(19)16-13-14-25-18-9-6-10-21(27)17(18)11-12-20(25)22(16)26/h4-5,7-8,17-18,20H,6,9-14H2,1-3H3/t17?,18-,20-/m1/s1. The summed E-state index contributed by atoms with van der Waals surface area (Å²) in [7, 11) is 0. The molecule has 2 aliphatic heterocycles. The van der Waals surface area contributed by atoms with E-state index in [1.54, 1.807) is 0 Å². The van der Waals surface area contributed by atoms with Crippen LogP contribution in [-0.4, -0.2) is 39.5 Å². The topological polar surface area (TPSA) is 51.5 Å². The number of carbonyl (C=O) groups is 2. The van der Waals surface area contributed by atoms with E-state index in [2.05, 4.69) is 11.0 Å². The first-order valence-electron chi connectivity index (χ1n) is 11.0. The number of rotatable bonds is 0. The zero-order chi connectivity index (χ0) is 20.3. The smallest absolute Gasteiger partial charge is 0.419 e. The Morgan fingerprint density at radius 3 is 2.69 bits per heavy atom. The largest absolute Gasteiger partial charge is 0.443 e. The molecule has 1 aromatic carbocycles. The number of fused-ring (bicyclic) bond motifs is 7. The van der Waals surface area contributed by atoms with Crippen LogP contribution < -0.4 is 0 Å². The van der Waals surface area contributed by atoms with Crippen molar-refractivity contribution >= 4 is 22.8 Å². The lowest BCUT2D eigenvalue weighted by atomic mass is 9.73. The van der Waals surface area contributed by atoms with E-state index in [0.29, 0.717) is 11.8 Å². The van der Waals surface area contributed by atoms with Gasteiger partial charge in [0.05, 0.1) is 17.3 Å². The Hall–Kier alpha value is -2.14. The van der Waals surface area contributed by atoms with Crippen LogP contribution in [0.15, 0.2) is 24.3 Å². The van der Waals surface area contributed by atoms with Gasteiger partial charge in [-0.05, 0) is 64.5 Å². The van der Waals surface area contributed by atoms with Crippen LogP contribution in [0.3, 0.4) is 0 Å². The van der Waals surface area contributed by atoms with Crippen LogP contribution in [0.4, 0.5) is 4.79 Å². The van der Waals surface area contributed by atoms with Gasteiger partial charge in [0.1, 0.15) is 11.4 Å². The van der Waals surface area contributed by atoms with Gasteiger partial charge in [-0.25, -0.2) is 9.36 Å². The minimum absolute atomic E-state index is 0.181. The third-order valence-corrected chi connectivity index (χ3v) is 6.91. The van der Waals surface area contributed by atoms with Crippen molar-refractivity contribution in [3.63, 3.8) is 0 Å². The van der Waals surface area contributed by atoms with Gasteiger partial charge in [0.2, 0.25) is 0 Å². The summed E-state index contributed by atoms with van der Waals surface area (Å²) in [5.41, 5.74) is 2.78. The summed E-state index contributed by atoms with van der Waals surface area (Å²) in [6.07, 6.45) is 5.31. The molecule has 0 spiro atoms. The average Bonchev–Trinajstić information content (AvgIpc) is 3.01. The molecule has 0 amide bonds. The van der Waals surface area contributed by atoms with Crippen LogP contribution >= 0.6 is 0 Å². The number of ketones is 1. The molecule has 154 valence electrons. The monoisotopic (exact) mass is 394 g/mol. The minimum Gasteiger partial charge on any atom is -0.443 e. The molecule has 0 N–H and O–H groups in total. The van der Waals surface area contributed by atoms with Crippen molar-refractivity contribution in [2.45, 2.75) is 77.0 Å². The first kappa shape index (κ1) is 18.9. The summed E-state index contributed by atoms with van der Waals surface area (Å²) in [5, 5.41) is 1.16. The Balaban J connectivity index is 1.63. The highest BCUT2D eigenvalue weighted by atomic mass is 16.6. The predicted octanol–water partition coefficient (Wildman–Crippen LogP) is 4.86. The van der Waals surface area contributed by atoms with Gasteiger partial charge >= 0.3 is 6.09 Å². The molecule has 1 saturated carbocycles. The highest BCUT2D eigenvalue weighted by Gasteiger charge is 2.46. The molecule has 3 aliphatic rings. The molecule has 0 bridgehead atoms. The van der Waals surface area contributed by atoms with Crippen molar-refractivity contribution in [2.24, 2.45) is 5.92 Å². The molecule has 0 radical (unpaired) electrons. The van der Waals surface area contributed by atoms with Crippen molar-refractivity contribution in [1.82, 2.24) is 9.47 Å². The number of ether oxygens (including phenoxy) is 1. The van der Waals surface area contributed by atoms with Gasteiger partial charge in [-0.15, -0.1) is 0 Å². The molecule has 2 fully saturated rings. The van der Waals surface area contributed by atoms with Crippen molar-refractivity contribution in [3.8, 4) is 0 Å². The molecule has 3 atom stereocenters. The summed E-state index contributed by atoms with van der Waals surface area (Å²) in [5.74, 6) is 0.624. The summed E-state index contributed by atoms with van der Waals surface area (Å²) < 4.78 is 7.64. The Morgan fingerprint density at radius 2 is 1.90 bits per heavy atom. The zero-order valence-electron chi connectivity index (χ0n) is 17.6. The van der Waals surface area contributed by atoms with Crippen LogP contribution in [0, 0.1) is 5.92 Å². The fraction of sp³-hybridized carbons (Fsp3) is 0.583. The lowest BCUT2D eigenvalue weighted by Crippen LogP contribution is -2.53. The molecule has 1 aliphatic carbocycles. The van der Waals surface area contributed by atoms with Crippen LogP contribution in [0.1, 0.15) is 70.2 Å². The number of piperidine rings is 1. The Kier molecular flexibility index (Phi) is 4.35. The molecule has 1 saturated heterocycles. The number of aromatic nitrogens is 1. The van der Waals surface area contributed by atoms with Gasteiger partial charge in [-0.3, -0.25) is 9.69 Å². The number of carbonyl (C=O) groups excluding carboxylic acids is 2. The Labute approximate surface area is 172 Å². The van der Waals surface area contributed by atoms with E-state index >= 15 is 0 Å². The number of hydrogen-bond donors (Lipinski definition) is 0. The quantitative estimate of drug-likeness (QED) is 0.641. The molecule has 5 nitrogen and oxygen atoms in total. The number of nitrogens with zero attached hydrogens (tertiary/aromatic N) is 2. The zero-order valence-corrected chi connectivity index (χ0v) is 17.6. The van der Waals surface area contributed by atoms with E-state index in [4.69, 9.17) is 4.74 Å². The molecule has 2 aromatic rings. The van der Waals surface area contributed by atoms with Crippen molar-refractivity contribution in [2.75, 3.05) is 6.54 Å². The fourth-order valence-electron chi connectivity index (χ4n) is 5.87. The number of hydrogen-bond acceptors (Lipinski definition) is 4. The lowest BCUT2D eigenvalue weighted by Gasteiger charge is -2.50. The van der Waals surface area contributed by atoms with Gasteiger partial charge < -0.3 is 4.74 Å².